The lowest BCUT2D eigenvalue weighted by molar-refractivity contribution is -0.135. The van der Waals surface area contributed by atoms with Crippen LogP contribution in [0, 0.1) is 0 Å². The number of ether oxygens (including phenoxy) is 1. The van der Waals surface area contributed by atoms with Crippen molar-refractivity contribution in [2.75, 3.05) is 20.3 Å². The Morgan fingerprint density at radius 1 is 1.44 bits per heavy atom. The quantitative estimate of drug-likeness (QED) is 0.757. The molecule has 92 valence electrons. The first kappa shape index (κ1) is 11.9. The summed E-state index contributed by atoms with van der Waals surface area (Å²) in [5, 5.41) is 0. The van der Waals surface area contributed by atoms with Crippen LogP contribution < -0.4 is 5.73 Å². The van der Waals surface area contributed by atoms with Gasteiger partial charge in [0, 0.05) is 18.6 Å². The third-order valence-electron chi connectivity index (χ3n) is 3.70. The van der Waals surface area contributed by atoms with Crippen molar-refractivity contribution in [3.05, 3.63) is 0 Å². The minimum absolute atomic E-state index is 0.0871. The van der Waals surface area contributed by atoms with E-state index in [1.54, 1.807) is 4.90 Å². The highest BCUT2D eigenvalue weighted by atomic mass is 16.5. The van der Waals surface area contributed by atoms with Gasteiger partial charge in [0.1, 0.15) is 6.61 Å². The molecule has 0 bridgehead atoms. The van der Waals surface area contributed by atoms with E-state index in [4.69, 9.17) is 10.5 Å². The van der Waals surface area contributed by atoms with Crippen molar-refractivity contribution < 1.29 is 9.53 Å². The molecule has 0 radical (unpaired) electrons. The molecule has 0 aliphatic heterocycles. The first-order valence-electron chi connectivity index (χ1n) is 6.23. The monoisotopic (exact) mass is 226 g/mol. The smallest absolute Gasteiger partial charge is 0.248 e. The molecular weight excluding hydrogens is 204 g/mol. The van der Waals surface area contributed by atoms with E-state index in [9.17, 15) is 4.79 Å². The Bertz CT molecular complexity index is 258. The number of likely N-dealkylation sites (N-methyl/N-ethyl adjacent to an activating group) is 1. The molecule has 2 fully saturated rings. The zero-order valence-electron chi connectivity index (χ0n) is 10.1. The molecule has 2 aliphatic rings. The van der Waals surface area contributed by atoms with Crippen LogP contribution in [0.4, 0.5) is 0 Å². The second-order valence-corrected chi connectivity index (χ2v) is 5.30. The average Bonchev–Trinajstić information content (AvgIpc) is 3.01. The Hall–Kier alpha value is -0.610. The number of hydrogen-bond donors (Lipinski definition) is 1. The molecule has 0 aromatic carbocycles. The maximum atomic E-state index is 11.7. The molecule has 2 N–H and O–H groups in total. The number of carbonyl (C=O) groups excluding carboxylic acids is 1. The van der Waals surface area contributed by atoms with Gasteiger partial charge in [-0.3, -0.25) is 4.79 Å². The molecule has 0 unspecified atom stereocenters. The van der Waals surface area contributed by atoms with Gasteiger partial charge in [0.2, 0.25) is 5.91 Å². The minimum atomic E-state index is -0.168. The van der Waals surface area contributed by atoms with Crippen LogP contribution in [0.3, 0.4) is 0 Å². The summed E-state index contributed by atoms with van der Waals surface area (Å²) in [7, 11) is 1.86. The molecule has 0 spiro atoms. The van der Waals surface area contributed by atoms with Gasteiger partial charge in [-0.2, -0.15) is 0 Å². The van der Waals surface area contributed by atoms with Crippen molar-refractivity contribution in [1.29, 1.82) is 0 Å². The Balaban J connectivity index is 1.65. The SMILES string of the molecule is CN(C(=O)COCC1(N)CCCC1)C1CC1. The molecule has 0 aromatic rings. The number of carbonyl (C=O) groups is 1. The number of rotatable bonds is 5. The maximum Gasteiger partial charge on any atom is 0.248 e. The predicted molar refractivity (Wildman–Crippen MR) is 62.0 cm³/mol. The Kier molecular flexibility index (Phi) is 3.50. The van der Waals surface area contributed by atoms with Crippen LogP contribution in [0.1, 0.15) is 38.5 Å². The summed E-state index contributed by atoms with van der Waals surface area (Å²) in [6, 6.07) is 0.467. The summed E-state index contributed by atoms with van der Waals surface area (Å²) in [5.41, 5.74) is 5.98. The summed E-state index contributed by atoms with van der Waals surface area (Å²) in [6.45, 7) is 0.712. The number of hydrogen-bond acceptors (Lipinski definition) is 3. The number of amides is 1. The molecule has 0 saturated heterocycles. The largest absolute Gasteiger partial charge is 0.370 e. The van der Waals surface area contributed by atoms with Crippen LogP contribution in [-0.2, 0) is 9.53 Å². The van der Waals surface area contributed by atoms with Crippen LogP contribution in [0.5, 0.6) is 0 Å². The van der Waals surface area contributed by atoms with Crippen LogP contribution in [0.25, 0.3) is 0 Å². The third kappa shape index (κ3) is 2.95. The highest BCUT2D eigenvalue weighted by Crippen LogP contribution is 2.27. The molecular formula is C12H22N2O2. The van der Waals surface area contributed by atoms with Crippen LogP contribution in [-0.4, -0.2) is 42.6 Å². The molecule has 0 heterocycles. The third-order valence-corrected chi connectivity index (χ3v) is 3.70. The molecule has 4 heteroatoms. The molecule has 0 atom stereocenters. The van der Waals surface area contributed by atoms with Gasteiger partial charge in [0.25, 0.3) is 0 Å². The van der Waals surface area contributed by atoms with Gasteiger partial charge >= 0.3 is 0 Å². The van der Waals surface area contributed by atoms with E-state index in [1.807, 2.05) is 7.05 Å². The van der Waals surface area contributed by atoms with Crippen LogP contribution in [0.2, 0.25) is 0 Å². The van der Waals surface area contributed by atoms with Gasteiger partial charge in [-0.1, -0.05) is 12.8 Å². The minimum Gasteiger partial charge on any atom is -0.370 e. The van der Waals surface area contributed by atoms with E-state index in [1.165, 1.54) is 12.8 Å². The van der Waals surface area contributed by atoms with E-state index in [2.05, 4.69) is 0 Å². The first-order valence-corrected chi connectivity index (χ1v) is 6.23. The average molecular weight is 226 g/mol. The van der Waals surface area contributed by atoms with E-state index in [0.717, 1.165) is 25.7 Å². The Morgan fingerprint density at radius 3 is 2.62 bits per heavy atom. The fourth-order valence-electron chi connectivity index (χ4n) is 2.33. The second kappa shape index (κ2) is 4.72. The number of nitrogens with zero attached hydrogens (tertiary/aromatic N) is 1. The van der Waals surface area contributed by atoms with E-state index < -0.39 is 0 Å². The molecule has 0 aromatic heterocycles. The van der Waals surface area contributed by atoms with Crippen LogP contribution in [0.15, 0.2) is 0 Å². The zero-order chi connectivity index (χ0) is 11.6. The predicted octanol–water partition coefficient (Wildman–Crippen LogP) is 0.895. The lowest BCUT2D eigenvalue weighted by Crippen LogP contribution is -2.43. The summed E-state index contributed by atoms with van der Waals surface area (Å²) in [6.07, 6.45) is 6.72. The molecule has 4 nitrogen and oxygen atoms in total. The molecule has 2 aliphatic carbocycles. The van der Waals surface area contributed by atoms with E-state index >= 15 is 0 Å². The molecule has 2 saturated carbocycles. The first-order chi connectivity index (χ1) is 7.61. The summed E-state index contributed by atoms with van der Waals surface area (Å²) >= 11 is 0. The second-order valence-electron chi connectivity index (χ2n) is 5.30. The Morgan fingerprint density at radius 2 is 2.06 bits per heavy atom. The molecule has 1 amide bonds. The van der Waals surface area contributed by atoms with Gasteiger partial charge in [-0.25, -0.2) is 0 Å². The number of nitrogens with two attached hydrogens (primary N) is 1. The topological polar surface area (TPSA) is 55.6 Å². The zero-order valence-corrected chi connectivity index (χ0v) is 10.1. The summed E-state index contributed by atoms with van der Waals surface area (Å²) in [5.74, 6) is 0.0871. The van der Waals surface area contributed by atoms with Crippen molar-refractivity contribution in [2.45, 2.75) is 50.1 Å². The summed E-state index contributed by atoms with van der Waals surface area (Å²) in [4.78, 5) is 13.5. The van der Waals surface area contributed by atoms with Crippen molar-refractivity contribution in [1.82, 2.24) is 4.90 Å². The maximum absolute atomic E-state index is 11.7. The highest BCUT2D eigenvalue weighted by Gasteiger charge is 2.31. The molecule has 16 heavy (non-hydrogen) atoms. The van der Waals surface area contributed by atoms with E-state index in [-0.39, 0.29) is 18.1 Å². The molecule has 2 rings (SSSR count). The normalized spacial score (nSPS) is 23.4. The highest BCUT2D eigenvalue weighted by molar-refractivity contribution is 5.77. The Labute approximate surface area is 97.1 Å². The van der Waals surface area contributed by atoms with Crippen molar-refractivity contribution in [3.8, 4) is 0 Å². The van der Waals surface area contributed by atoms with Crippen LogP contribution >= 0.6 is 0 Å². The van der Waals surface area contributed by atoms with Gasteiger partial charge < -0.3 is 15.4 Å². The van der Waals surface area contributed by atoms with Crippen molar-refractivity contribution >= 4 is 5.91 Å². The fourth-order valence-corrected chi connectivity index (χ4v) is 2.33. The lowest BCUT2D eigenvalue weighted by Gasteiger charge is -2.24. The van der Waals surface area contributed by atoms with E-state index in [0.29, 0.717) is 12.6 Å². The van der Waals surface area contributed by atoms with Gasteiger partial charge in [-0.15, -0.1) is 0 Å². The van der Waals surface area contributed by atoms with Crippen molar-refractivity contribution in [3.63, 3.8) is 0 Å². The lowest BCUT2D eigenvalue weighted by atomic mass is 10.0. The summed E-state index contributed by atoms with van der Waals surface area (Å²) < 4.78 is 5.47. The van der Waals surface area contributed by atoms with Gasteiger partial charge in [0.05, 0.1) is 6.61 Å². The van der Waals surface area contributed by atoms with Gasteiger partial charge in [-0.05, 0) is 25.7 Å². The fraction of sp³-hybridized carbons (Fsp3) is 0.917. The van der Waals surface area contributed by atoms with Gasteiger partial charge in [0.15, 0.2) is 0 Å². The standard InChI is InChI=1S/C12H22N2O2/c1-14(10-4-5-10)11(15)8-16-9-12(13)6-2-3-7-12/h10H,2-9,13H2,1H3. The van der Waals surface area contributed by atoms with Crippen molar-refractivity contribution in [2.24, 2.45) is 5.73 Å².